The van der Waals surface area contributed by atoms with Crippen molar-refractivity contribution in [1.29, 1.82) is 0 Å². The number of nitrogens with zero attached hydrogens (tertiary/aromatic N) is 1. The number of ether oxygens (including phenoxy) is 2. The van der Waals surface area contributed by atoms with Crippen molar-refractivity contribution in [3.63, 3.8) is 0 Å². The van der Waals surface area contributed by atoms with Crippen LogP contribution in [0.5, 0.6) is 5.75 Å². The van der Waals surface area contributed by atoms with Crippen LogP contribution in [0.1, 0.15) is 47.9 Å². The third kappa shape index (κ3) is 3.97. The molecule has 4 aliphatic rings. The number of carbonyl (C=O) groups excluding carboxylic acids is 4. The molecule has 3 aliphatic carbocycles. The summed E-state index contributed by atoms with van der Waals surface area (Å²) < 4.78 is 10.5. The molecule has 0 spiro atoms. The highest BCUT2D eigenvalue weighted by molar-refractivity contribution is 6.10. The molecule has 40 heavy (non-hydrogen) atoms. The number of benzene rings is 3. The van der Waals surface area contributed by atoms with Crippen molar-refractivity contribution in [2.24, 2.45) is 17.8 Å². The summed E-state index contributed by atoms with van der Waals surface area (Å²) in [4.78, 5) is 55.1. The second kappa shape index (κ2) is 9.93. The second-order valence-corrected chi connectivity index (χ2v) is 10.9. The number of likely N-dealkylation sites (tertiary alicyclic amines) is 1. The van der Waals surface area contributed by atoms with Gasteiger partial charge in [0.25, 0.3) is 5.91 Å². The molecule has 7 rings (SSSR count). The largest absolute Gasteiger partial charge is 0.497 e. The van der Waals surface area contributed by atoms with Crippen LogP contribution in [0.3, 0.4) is 0 Å². The van der Waals surface area contributed by atoms with Gasteiger partial charge >= 0.3 is 5.97 Å². The molecule has 3 amide bonds. The normalized spacial score (nSPS) is 22.9. The van der Waals surface area contributed by atoms with E-state index in [1.54, 1.807) is 45.2 Å². The molecule has 0 unspecified atom stereocenters. The zero-order valence-corrected chi connectivity index (χ0v) is 22.5. The lowest BCUT2D eigenvalue weighted by molar-refractivity contribution is -0.162. The molecule has 1 heterocycles. The maximum Gasteiger partial charge on any atom is 0.330 e. The Kier molecular flexibility index (Phi) is 6.41. The average molecular weight is 539 g/mol. The van der Waals surface area contributed by atoms with Crippen LogP contribution in [0.4, 0.5) is 5.69 Å². The van der Waals surface area contributed by atoms with E-state index in [4.69, 9.17) is 9.47 Å². The summed E-state index contributed by atoms with van der Waals surface area (Å²) in [5.41, 5.74) is 4.78. The highest BCUT2D eigenvalue weighted by Gasteiger charge is 2.63. The van der Waals surface area contributed by atoms with Gasteiger partial charge in [0.2, 0.25) is 11.8 Å². The van der Waals surface area contributed by atoms with Gasteiger partial charge in [-0.3, -0.25) is 19.3 Å². The molecule has 0 saturated carbocycles. The quantitative estimate of drug-likeness (QED) is 0.359. The third-order valence-corrected chi connectivity index (χ3v) is 8.35. The third-order valence-electron chi connectivity index (χ3n) is 8.35. The molecule has 3 atom stereocenters. The Balaban J connectivity index is 1.24. The molecule has 1 aliphatic heterocycles. The van der Waals surface area contributed by atoms with Crippen molar-refractivity contribution in [3.8, 4) is 5.75 Å². The van der Waals surface area contributed by atoms with Gasteiger partial charge in [0.05, 0.1) is 18.9 Å². The Hall–Kier alpha value is -4.46. The monoisotopic (exact) mass is 538 g/mol. The van der Waals surface area contributed by atoms with E-state index in [-0.39, 0.29) is 23.7 Å². The van der Waals surface area contributed by atoms with Crippen molar-refractivity contribution >= 4 is 29.4 Å². The number of imide groups is 1. The molecule has 204 valence electrons. The Morgan fingerprint density at radius 1 is 0.800 bits per heavy atom. The van der Waals surface area contributed by atoms with Gasteiger partial charge in [-0.2, -0.15) is 0 Å². The highest BCUT2D eigenvalue weighted by atomic mass is 16.5. The predicted octanol–water partition coefficient (Wildman–Crippen LogP) is 4.09. The smallest absolute Gasteiger partial charge is 0.330 e. The number of rotatable bonds is 7. The molecule has 1 saturated heterocycles. The van der Waals surface area contributed by atoms with E-state index >= 15 is 0 Å². The highest BCUT2D eigenvalue weighted by Crippen LogP contribution is 2.61. The molecule has 3 aromatic carbocycles. The van der Waals surface area contributed by atoms with Crippen LogP contribution in [-0.4, -0.2) is 48.3 Å². The number of esters is 1. The number of methoxy groups -OCH3 is 1. The Labute approximate surface area is 232 Å². The van der Waals surface area contributed by atoms with Crippen molar-refractivity contribution < 1.29 is 28.7 Å². The first-order valence-electron chi connectivity index (χ1n) is 13.5. The molecule has 1 N–H and O–H groups in total. The fourth-order valence-electron chi connectivity index (χ4n) is 6.74. The van der Waals surface area contributed by atoms with Crippen LogP contribution in [-0.2, 0) is 23.9 Å². The summed E-state index contributed by atoms with van der Waals surface area (Å²) in [6, 6.07) is 21.6. The average Bonchev–Trinajstić information content (AvgIpc) is 3.22. The van der Waals surface area contributed by atoms with Gasteiger partial charge in [0.1, 0.15) is 11.8 Å². The summed E-state index contributed by atoms with van der Waals surface area (Å²) in [6.07, 6.45) is 0. The van der Waals surface area contributed by atoms with Crippen LogP contribution in [0.2, 0.25) is 0 Å². The molecule has 2 bridgehead atoms. The van der Waals surface area contributed by atoms with Crippen molar-refractivity contribution in [2.75, 3.05) is 19.0 Å². The zero-order chi connectivity index (χ0) is 28.1. The summed E-state index contributed by atoms with van der Waals surface area (Å²) in [5, 5.41) is 2.67. The maximum atomic E-state index is 14.0. The van der Waals surface area contributed by atoms with Crippen molar-refractivity contribution in [2.45, 2.75) is 31.7 Å². The first-order chi connectivity index (χ1) is 19.3. The molecule has 0 radical (unpaired) electrons. The van der Waals surface area contributed by atoms with Gasteiger partial charge in [-0.05, 0) is 52.4 Å². The SMILES string of the molecule is COc1ccc(NC(=O)COC(=O)[C@H](C(C)C)N2C(=O)[C@H]3C4c5ccccc5C(c5ccccc54)[C@@H]3C2=O)cc1. The zero-order valence-electron chi connectivity index (χ0n) is 22.5. The van der Waals surface area contributed by atoms with Crippen molar-refractivity contribution in [3.05, 3.63) is 95.1 Å². The van der Waals surface area contributed by atoms with E-state index < -0.39 is 42.3 Å². The lowest BCUT2D eigenvalue weighted by Gasteiger charge is -2.45. The number of carbonyl (C=O) groups is 4. The van der Waals surface area contributed by atoms with E-state index in [0.717, 1.165) is 27.2 Å². The van der Waals surface area contributed by atoms with E-state index in [1.807, 2.05) is 48.5 Å². The van der Waals surface area contributed by atoms with Gasteiger partial charge in [0.15, 0.2) is 6.61 Å². The van der Waals surface area contributed by atoms with Crippen molar-refractivity contribution in [1.82, 2.24) is 4.90 Å². The molecular formula is C32H30N2O6. The topological polar surface area (TPSA) is 102 Å². The predicted molar refractivity (Wildman–Crippen MR) is 147 cm³/mol. The van der Waals surface area contributed by atoms with E-state index in [9.17, 15) is 19.2 Å². The van der Waals surface area contributed by atoms with E-state index in [2.05, 4.69) is 5.32 Å². The minimum Gasteiger partial charge on any atom is -0.497 e. The molecular weight excluding hydrogens is 508 g/mol. The minimum atomic E-state index is -1.13. The molecule has 8 nitrogen and oxygen atoms in total. The van der Waals surface area contributed by atoms with Gasteiger partial charge in [-0.15, -0.1) is 0 Å². The lowest BCUT2D eigenvalue weighted by Crippen LogP contribution is -2.49. The number of nitrogens with one attached hydrogen (secondary N) is 1. The Morgan fingerprint density at radius 2 is 1.27 bits per heavy atom. The standard InChI is InChI=1S/C32H30N2O6/c1-17(2)29(32(38)40-16-24(35)33-18-12-14-19(39-3)15-13-18)34-30(36)27-25-20-8-4-5-9-21(20)26(28(27)31(34)37)23-11-7-6-10-22(23)25/h4-15,17,25-29H,16H2,1-3H3,(H,33,35)/t25?,26?,27-,28-,29-/m0/s1. The summed E-state index contributed by atoms with van der Waals surface area (Å²) in [5.74, 6) is -3.48. The Bertz CT molecular complexity index is 1400. The van der Waals surface area contributed by atoms with Gasteiger partial charge in [-0.25, -0.2) is 4.79 Å². The van der Waals surface area contributed by atoms with Crippen LogP contribution in [0, 0.1) is 17.8 Å². The number of amides is 3. The number of hydrogen-bond acceptors (Lipinski definition) is 6. The fraction of sp³-hybridized carbons (Fsp3) is 0.312. The first-order valence-corrected chi connectivity index (χ1v) is 13.5. The summed E-state index contributed by atoms with van der Waals surface area (Å²) in [7, 11) is 1.55. The minimum absolute atomic E-state index is 0.261. The first kappa shape index (κ1) is 25.8. The van der Waals surface area contributed by atoms with Crippen LogP contribution < -0.4 is 10.1 Å². The van der Waals surface area contributed by atoms with Gasteiger partial charge in [-0.1, -0.05) is 62.4 Å². The lowest BCUT2D eigenvalue weighted by atomic mass is 9.55. The van der Waals surface area contributed by atoms with E-state index in [1.165, 1.54) is 0 Å². The number of anilines is 1. The summed E-state index contributed by atoms with van der Waals surface area (Å²) >= 11 is 0. The second-order valence-electron chi connectivity index (χ2n) is 10.9. The molecule has 8 heteroatoms. The van der Waals surface area contributed by atoms with Gasteiger partial charge < -0.3 is 14.8 Å². The van der Waals surface area contributed by atoms with Gasteiger partial charge in [0, 0.05) is 17.5 Å². The fourth-order valence-corrected chi connectivity index (χ4v) is 6.74. The molecule has 1 fully saturated rings. The van der Waals surface area contributed by atoms with Crippen LogP contribution in [0.25, 0.3) is 0 Å². The molecule has 3 aromatic rings. The maximum absolute atomic E-state index is 14.0. The summed E-state index contributed by atoms with van der Waals surface area (Å²) in [6.45, 7) is 2.99. The Morgan fingerprint density at radius 3 is 1.70 bits per heavy atom. The molecule has 0 aromatic heterocycles. The van der Waals surface area contributed by atoms with E-state index in [0.29, 0.717) is 11.4 Å². The number of hydrogen-bond donors (Lipinski definition) is 1. The van der Waals surface area contributed by atoms with Crippen LogP contribution >= 0.6 is 0 Å². The van der Waals surface area contributed by atoms with Crippen LogP contribution in [0.15, 0.2) is 72.8 Å².